The summed E-state index contributed by atoms with van der Waals surface area (Å²) in [6.45, 7) is 6.15. The summed E-state index contributed by atoms with van der Waals surface area (Å²) in [6, 6.07) is 9.44. The van der Waals surface area contributed by atoms with Crippen molar-refractivity contribution < 1.29 is 23.4 Å². The summed E-state index contributed by atoms with van der Waals surface area (Å²) in [5, 5.41) is 0. The van der Waals surface area contributed by atoms with Crippen molar-refractivity contribution in [2.24, 2.45) is 5.73 Å². The summed E-state index contributed by atoms with van der Waals surface area (Å²) in [5.41, 5.74) is 6.72. The Labute approximate surface area is 180 Å². The van der Waals surface area contributed by atoms with Crippen LogP contribution in [0, 0.1) is 0 Å². The number of amides is 1. The number of likely N-dealkylation sites (tertiary alicyclic amines) is 1. The first-order chi connectivity index (χ1) is 14.2. The fourth-order valence-corrected chi connectivity index (χ4v) is 4.28. The summed E-state index contributed by atoms with van der Waals surface area (Å²) in [5.74, 6) is -0.734. The summed E-state index contributed by atoms with van der Waals surface area (Å²) < 4.78 is 22.9. The minimum atomic E-state index is -2.11. The standard InChI is InChI=1S/C22H34N2O5P/c1-22(2,3)29-21(26)19-12-7-13-24(19)20(25)16-30(27)28-14-8-11-18(23)15-17-9-5-4-6-10-17/h4-6,9-10,18-19H,7-8,11-16,23H2,1-3H3/q+1/t18?,19-/m0/s1. The van der Waals surface area contributed by atoms with E-state index < -0.39 is 25.6 Å². The predicted molar refractivity (Wildman–Crippen MR) is 116 cm³/mol. The Morgan fingerprint density at radius 2 is 1.97 bits per heavy atom. The average molecular weight is 437 g/mol. The average Bonchev–Trinajstić information content (AvgIpc) is 3.15. The lowest BCUT2D eigenvalue weighted by atomic mass is 10.0. The molecule has 2 rings (SSSR count). The van der Waals surface area contributed by atoms with Crippen molar-refractivity contribution in [1.29, 1.82) is 0 Å². The van der Waals surface area contributed by atoms with Crippen LogP contribution in [-0.2, 0) is 29.8 Å². The van der Waals surface area contributed by atoms with Crippen LogP contribution in [0.4, 0.5) is 0 Å². The van der Waals surface area contributed by atoms with E-state index in [1.165, 1.54) is 10.5 Å². The van der Waals surface area contributed by atoms with Crippen LogP contribution in [0.5, 0.6) is 0 Å². The molecule has 1 aromatic rings. The van der Waals surface area contributed by atoms with Crippen LogP contribution in [0.3, 0.4) is 0 Å². The van der Waals surface area contributed by atoms with Gasteiger partial charge in [0.2, 0.25) is 0 Å². The summed E-state index contributed by atoms with van der Waals surface area (Å²) in [4.78, 5) is 26.3. The van der Waals surface area contributed by atoms with Crippen molar-refractivity contribution in [3.8, 4) is 0 Å². The number of nitrogens with zero attached hydrogens (tertiary/aromatic N) is 1. The molecule has 30 heavy (non-hydrogen) atoms. The molecule has 1 amide bonds. The van der Waals surface area contributed by atoms with Crippen LogP contribution in [-0.4, -0.2) is 53.8 Å². The highest BCUT2D eigenvalue weighted by Crippen LogP contribution is 2.27. The number of carbonyl (C=O) groups is 2. The second kappa shape index (κ2) is 11.5. The first-order valence-electron chi connectivity index (χ1n) is 10.5. The molecule has 0 saturated carbocycles. The number of hydrogen-bond acceptors (Lipinski definition) is 6. The van der Waals surface area contributed by atoms with Crippen LogP contribution in [0.1, 0.15) is 52.0 Å². The van der Waals surface area contributed by atoms with Gasteiger partial charge >= 0.3 is 14.0 Å². The molecule has 0 radical (unpaired) electrons. The van der Waals surface area contributed by atoms with E-state index in [1.54, 1.807) is 20.8 Å². The molecule has 8 heteroatoms. The van der Waals surface area contributed by atoms with E-state index in [4.69, 9.17) is 15.0 Å². The Hall–Kier alpha value is -1.82. The Kier molecular flexibility index (Phi) is 9.40. The van der Waals surface area contributed by atoms with Crippen molar-refractivity contribution in [1.82, 2.24) is 4.90 Å². The predicted octanol–water partition coefficient (Wildman–Crippen LogP) is 3.43. The minimum absolute atomic E-state index is 0.00898. The van der Waals surface area contributed by atoms with E-state index in [1.807, 2.05) is 30.3 Å². The number of rotatable bonds is 10. The van der Waals surface area contributed by atoms with Gasteiger partial charge < -0.3 is 15.4 Å². The SMILES string of the molecule is CC(C)(C)OC(=O)[C@@H]1CCCN1C(=O)C[P+](=O)OCCCC(N)Cc1ccccc1. The Balaban J connectivity index is 1.68. The quantitative estimate of drug-likeness (QED) is 0.342. The Bertz CT molecular complexity index is 720. The number of nitrogens with two attached hydrogens (primary N) is 1. The lowest BCUT2D eigenvalue weighted by molar-refractivity contribution is -0.162. The second-order valence-electron chi connectivity index (χ2n) is 8.69. The van der Waals surface area contributed by atoms with Crippen LogP contribution in [0.15, 0.2) is 30.3 Å². The van der Waals surface area contributed by atoms with E-state index in [2.05, 4.69) is 0 Å². The normalized spacial score (nSPS) is 18.2. The molecular formula is C22H34N2O5P+. The van der Waals surface area contributed by atoms with Gasteiger partial charge in [0.05, 0.1) is 0 Å². The molecule has 2 unspecified atom stereocenters. The maximum absolute atomic E-state index is 12.5. The van der Waals surface area contributed by atoms with Crippen molar-refractivity contribution in [2.45, 2.75) is 70.6 Å². The van der Waals surface area contributed by atoms with Gasteiger partial charge in [-0.15, -0.1) is 4.52 Å². The van der Waals surface area contributed by atoms with E-state index >= 15 is 0 Å². The molecule has 166 valence electrons. The van der Waals surface area contributed by atoms with Gasteiger partial charge in [0.25, 0.3) is 12.1 Å². The van der Waals surface area contributed by atoms with Gasteiger partial charge in [-0.05, 0) is 63.0 Å². The Morgan fingerprint density at radius 3 is 2.63 bits per heavy atom. The summed E-state index contributed by atoms with van der Waals surface area (Å²) in [6.07, 6.45) is 3.29. The molecular weight excluding hydrogens is 403 g/mol. The van der Waals surface area contributed by atoms with Crippen molar-refractivity contribution in [3.63, 3.8) is 0 Å². The van der Waals surface area contributed by atoms with E-state index in [-0.39, 0.29) is 18.1 Å². The van der Waals surface area contributed by atoms with Crippen LogP contribution >= 0.6 is 8.03 Å². The third kappa shape index (κ3) is 8.50. The van der Waals surface area contributed by atoms with E-state index in [0.29, 0.717) is 26.0 Å². The first kappa shape index (κ1) is 24.4. The molecule has 1 aliphatic heterocycles. The van der Waals surface area contributed by atoms with Gasteiger partial charge in [0, 0.05) is 12.6 Å². The fourth-order valence-electron chi connectivity index (χ4n) is 3.46. The molecule has 0 aromatic heterocycles. The minimum Gasteiger partial charge on any atom is -0.458 e. The molecule has 1 aliphatic rings. The molecule has 3 atom stereocenters. The topological polar surface area (TPSA) is 98.9 Å². The zero-order valence-electron chi connectivity index (χ0n) is 18.2. The molecule has 1 heterocycles. The molecule has 2 N–H and O–H groups in total. The number of ether oxygens (including phenoxy) is 1. The monoisotopic (exact) mass is 437 g/mol. The highest BCUT2D eigenvalue weighted by Gasteiger charge is 2.39. The lowest BCUT2D eigenvalue weighted by Crippen LogP contribution is -2.44. The van der Waals surface area contributed by atoms with Gasteiger partial charge in [-0.3, -0.25) is 4.79 Å². The molecule has 0 spiro atoms. The van der Waals surface area contributed by atoms with Gasteiger partial charge in [-0.1, -0.05) is 30.3 Å². The number of carbonyl (C=O) groups excluding carboxylic acids is 2. The van der Waals surface area contributed by atoms with Crippen molar-refractivity contribution in [2.75, 3.05) is 19.3 Å². The van der Waals surface area contributed by atoms with Crippen LogP contribution < -0.4 is 5.73 Å². The van der Waals surface area contributed by atoms with Gasteiger partial charge in [0.1, 0.15) is 18.2 Å². The second-order valence-corrected chi connectivity index (χ2v) is 9.93. The highest BCUT2D eigenvalue weighted by atomic mass is 31.1. The maximum atomic E-state index is 12.5. The number of benzene rings is 1. The van der Waals surface area contributed by atoms with Gasteiger partial charge in [-0.25, -0.2) is 4.79 Å². The molecule has 7 nitrogen and oxygen atoms in total. The molecule has 1 fully saturated rings. The van der Waals surface area contributed by atoms with E-state index in [9.17, 15) is 14.2 Å². The smallest absolute Gasteiger partial charge is 0.458 e. The maximum Gasteiger partial charge on any atom is 0.518 e. The molecule has 0 bridgehead atoms. The Morgan fingerprint density at radius 1 is 1.27 bits per heavy atom. The summed E-state index contributed by atoms with van der Waals surface area (Å²) in [7, 11) is -2.11. The van der Waals surface area contributed by atoms with Crippen LogP contribution in [0.25, 0.3) is 0 Å². The molecule has 1 aromatic carbocycles. The highest BCUT2D eigenvalue weighted by molar-refractivity contribution is 7.40. The zero-order valence-corrected chi connectivity index (χ0v) is 19.1. The third-order valence-electron chi connectivity index (χ3n) is 4.81. The van der Waals surface area contributed by atoms with Crippen LogP contribution in [0.2, 0.25) is 0 Å². The molecule has 1 saturated heterocycles. The van der Waals surface area contributed by atoms with Gasteiger partial charge in [-0.2, -0.15) is 0 Å². The van der Waals surface area contributed by atoms with Crippen molar-refractivity contribution >= 4 is 19.9 Å². The zero-order chi connectivity index (χ0) is 22.1. The largest absolute Gasteiger partial charge is 0.518 e. The summed E-state index contributed by atoms with van der Waals surface area (Å²) >= 11 is 0. The fraction of sp³-hybridized carbons (Fsp3) is 0.636. The van der Waals surface area contributed by atoms with Gasteiger partial charge in [0.15, 0.2) is 0 Å². The van der Waals surface area contributed by atoms with Crippen molar-refractivity contribution in [3.05, 3.63) is 35.9 Å². The lowest BCUT2D eigenvalue weighted by Gasteiger charge is -2.26. The third-order valence-corrected chi connectivity index (χ3v) is 5.81. The number of esters is 1. The van der Waals surface area contributed by atoms with E-state index in [0.717, 1.165) is 19.3 Å². The molecule has 0 aliphatic carbocycles. The first-order valence-corrected chi connectivity index (χ1v) is 11.9. The number of hydrogen-bond donors (Lipinski definition) is 1.